The third-order valence-electron chi connectivity index (χ3n) is 2.90. The fourth-order valence-corrected chi connectivity index (χ4v) is 1.75. The molecule has 5 nitrogen and oxygen atoms in total. The van der Waals surface area contributed by atoms with Crippen molar-refractivity contribution in [3.05, 3.63) is 47.8 Å². The van der Waals surface area contributed by atoms with Crippen LogP contribution in [0, 0.1) is 0 Å². The summed E-state index contributed by atoms with van der Waals surface area (Å²) in [5, 5.41) is 5.35. The molecule has 2 N–H and O–H groups in total. The van der Waals surface area contributed by atoms with E-state index in [1.165, 1.54) is 24.5 Å². The van der Waals surface area contributed by atoms with Gasteiger partial charge in [-0.3, -0.25) is 4.79 Å². The minimum atomic E-state index is -4.42. The van der Waals surface area contributed by atoms with Gasteiger partial charge in [-0.15, -0.1) is 0 Å². The third kappa shape index (κ3) is 4.67. The Balaban J connectivity index is 2.08. The fourth-order valence-electron chi connectivity index (χ4n) is 1.75. The van der Waals surface area contributed by atoms with E-state index < -0.39 is 11.7 Å². The first-order chi connectivity index (χ1) is 10.9. The molecule has 0 unspecified atom stereocenters. The van der Waals surface area contributed by atoms with Crippen molar-refractivity contribution in [1.82, 2.24) is 15.3 Å². The van der Waals surface area contributed by atoms with E-state index in [9.17, 15) is 18.0 Å². The van der Waals surface area contributed by atoms with Crippen LogP contribution in [0.15, 0.2) is 36.7 Å². The number of nitrogens with zero attached hydrogens (tertiary/aromatic N) is 2. The second-order valence-electron chi connectivity index (χ2n) is 4.75. The summed E-state index contributed by atoms with van der Waals surface area (Å²) in [6.45, 7) is 2.47. The lowest BCUT2D eigenvalue weighted by atomic mass is 10.2. The number of anilines is 2. The molecular weight excluding hydrogens is 309 g/mol. The summed E-state index contributed by atoms with van der Waals surface area (Å²) in [6.07, 6.45) is -0.983. The van der Waals surface area contributed by atoms with Crippen molar-refractivity contribution in [1.29, 1.82) is 0 Å². The molecule has 0 bridgehead atoms. The number of alkyl halides is 3. The summed E-state index contributed by atoms with van der Waals surface area (Å²) in [7, 11) is 0. The first kappa shape index (κ1) is 16.7. The number of rotatable bonds is 5. The van der Waals surface area contributed by atoms with Crippen molar-refractivity contribution in [2.45, 2.75) is 19.5 Å². The van der Waals surface area contributed by atoms with Gasteiger partial charge in [-0.05, 0) is 24.6 Å². The van der Waals surface area contributed by atoms with Crippen LogP contribution in [0.2, 0.25) is 0 Å². The molecule has 2 aromatic rings. The molecule has 0 saturated heterocycles. The summed E-state index contributed by atoms with van der Waals surface area (Å²) < 4.78 is 37.9. The molecule has 0 aliphatic heterocycles. The fraction of sp³-hybridized carbons (Fsp3) is 0.267. The Kier molecular flexibility index (Phi) is 5.15. The number of hydrogen-bond acceptors (Lipinski definition) is 4. The highest BCUT2D eigenvalue weighted by Gasteiger charge is 2.30. The van der Waals surface area contributed by atoms with E-state index in [-0.39, 0.29) is 23.1 Å². The number of carbonyl (C=O) groups excluding carboxylic acids is 1. The maximum absolute atomic E-state index is 12.6. The average Bonchev–Trinajstić information content (AvgIpc) is 2.53. The van der Waals surface area contributed by atoms with E-state index >= 15 is 0 Å². The van der Waals surface area contributed by atoms with Gasteiger partial charge >= 0.3 is 6.18 Å². The van der Waals surface area contributed by atoms with Crippen LogP contribution in [-0.2, 0) is 6.18 Å². The minimum absolute atomic E-state index is 0.108. The Bertz CT molecular complexity index is 671. The van der Waals surface area contributed by atoms with E-state index in [1.54, 1.807) is 0 Å². The van der Waals surface area contributed by atoms with Gasteiger partial charge in [-0.1, -0.05) is 13.0 Å². The summed E-state index contributed by atoms with van der Waals surface area (Å²) in [5.74, 6) is -0.186. The molecule has 1 heterocycles. The first-order valence-electron chi connectivity index (χ1n) is 6.94. The number of aromatic nitrogens is 2. The molecule has 23 heavy (non-hydrogen) atoms. The Hall–Kier alpha value is -2.64. The van der Waals surface area contributed by atoms with Gasteiger partial charge in [-0.2, -0.15) is 13.2 Å². The highest BCUT2D eigenvalue weighted by molar-refractivity contribution is 5.93. The van der Waals surface area contributed by atoms with Gasteiger partial charge in [0, 0.05) is 24.6 Å². The van der Waals surface area contributed by atoms with Crippen LogP contribution >= 0.6 is 0 Å². The molecular formula is C15H15F3N4O. The van der Waals surface area contributed by atoms with E-state index in [2.05, 4.69) is 20.6 Å². The number of halogens is 3. The minimum Gasteiger partial charge on any atom is -0.352 e. The molecule has 122 valence electrons. The predicted molar refractivity (Wildman–Crippen MR) is 79.4 cm³/mol. The summed E-state index contributed by atoms with van der Waals surface area (Å²) in [6, 6.07) is 4.70. The van der Waals surface area contributed by atoms with Crippen LogP contribution in [0.4, 0.5) is 24.8 Å². The van der Waals surface area contributed by atoms with Crippen molar-refractivity contribution in [3.63, 3.8) is 0 Å². The van der Waals surface area contributed by atoms with Crippen molar-refractivity contribution in [2.75, 3.05) is 11.9 Å². The van der Waals surface area contributed by atoms with Gasteiger partial charge in [-0.25, -0.2) is 9.97 Å². The zero-order valence-corrected chi connectivity index (χ0v) is 12.3. The lowest BCUT2D eigenvalue weighted by Gasteiger charge is -2.10. The first-order valence-corrected chi connectivity index (χ1v) is 6.94. The molecule has 0 saturated carbocycles. The zero-order chi connectivity index (χ0) is 16.9. The smallest absolute Gasteiger partial charge is 0.352 e. The zero-order valence-electron chi connectivity index (χ0n) is 12.3. The van der Waals surface area contributed by atoms with Crippen LogP contribution in [0.5, 0.6) is 0 Å². The number of benzene rings is 1. The summed E-state index contributed by atoms with van der Waals surface area (Å²) >= 11 is 0. The molecule has 0 aliphatic carbocycles. The van der Waals surface area contributed by atoms with E-state index in [1.807, 2.05) is 6.92 Å². The SMILES string of the molecule is CCCNC(=O)c1cnc(Nc2cccc(C(F)(F)F)c2)nc1. The number of hydrogen-bond donors (Lipinski definition) is 2. The maximum atomic E-state index is 12.6. The topological polar surface area (TPSA) is 66.9 Å². The Labute approximate surface area is 131 Å². The average molecular weight is 324 g/mol. The molecule has 0 fully saturated rings. The van der Waals surface area contributed by atoms with E-state index in [4.69, 9.17) is 0 Å². The second kappa shape index (κ2) is 7.08. The molecule has 0 spiro atoms. The molecule has 2 rings (SSSR count). The lowest BCUT2D eigenvalue weighted by Crippen LogP contribution is -2.24. The van der Waals surface area contributed by atoms with Gasteiger partial charge < -0.3 is 10.6 Å². The molecule has 0 aliphatic rings. The highest BCUT2D eigenvalue weighted by atomic mass is 19.4. The largest absolute Gasteiger partial charge is 0.416 e. The summed E-state index contributed by atoms with van der Waals surface area (Å²) in [5.41, 5.74) is -0.269. The van der Waals surface area contributed by atoms with Crippen LogP contribution in [0.25, 0.3) is 0 Å². The molecule has 1 aromatic carbocycles. The van der Waals surface area contributed by atoms with E-state index in [0.717, 1.165) is 18.6 Å². The van der Waals surface area contributed by atoms with Crippen molar-refractivity contribution in [2.24, 2.45) is 0 Å². The number of amides is 1. The molecule has 8 heteroatoms. The molecule has 1 amide bonds. The predicted octanol–water partition coefficient (Wildman–Crippen LogP) is 3.38. The van der Waals surface area contributed by atoms with Gasteiger partial charge in [0.25, 0.3) is 5.91 Å². The molecule has 0 radical (unpaired) electrons. The normalized spacial score (nSPS) is 11.1. The van der Waals surface area contributed by atoms with Gasteiger partial charge in [0.05, 0.1) is 11.1 Å². The van der Waals surface area contributed by atoms with Crippen LogP contribution in [0.1, 0.15) is 29.3 Å². The van der Waals surface area contributed by atoms with Crippen molar-refractivity contribution >= 4 is 17.5 Å². The number of nitrogens with one attached hydrogen (secondary N) is 2. The second-order valence-corrected chi connectivity index (χ2v) is 4.75. The van der Waals surface area contributed by atoms with Crippen LogP contribution in [0.3, 0.4) is 0 Å². The standard InChI is InChI=1S/C15H15F3N4O/c1-2-6-19-13(23)10-8-20-14(21-9-10)22-12-5-3-4-11(7-12)15(16,17)18/h3-5,7-9H,2,6H2,1H3,(H,19,23)(H,20,21,22). The van der Waals surface area contributed by atoms with Crippen LogP contribution in [-0.4, -0.2) is 22.4 Å². The van der Waals surface area contributed by atoms with Gasteiger partial charge in [0.1, 0.15) is 0 Å². The van der Waals surface area contributed by atoms with Gasteiger partial charge in [0.15, 0.2) is 0 Å². The Morgan fingerprint density at radius 3 is 2.52 bits per heavy atom. The van der Waals surface area contributed by atoms with Crippen LogP contribution < -0.4 is 10.6 Å². The third-order valence-corrected chi connectivity index (χ3v) is 2.90. The van der Waals surface area contributed by atoms with Crippen molar-refractivity contribution in [3.8, 4) is 0 Å². The molecule has 1 aromatic heterocycles. The van der Waals surface area contributed by atoms with Gasteiger partial charge in [0.2, 0.25) is 5.95 Å². The number of carbonyl (C=O) groups is 1. The Morgan fingerprint density at radius 2 is 1.91 bits per heavy atom. The lowest BCUT2D eigenvalue weighted by molar-refractivity contribution is -0.137. The van der Waals surface area contributed by atoms with E-state index in [0.29, 0.717) is 6.54 Å². The monoisotopic (exact) mass is 324 g/mol. The van der Waals surface area contributed by atoms with Crippen molar-refractivity contribution < 1.29 is 18.0 Å². The maximum Gasteiger partial charge on any atom is 0.416 e. The highest BCUT2D eigenvalue weighted by Crippen LogP contribution is 2.31. The Morgan fingerprint density at radius 1 is 1.22 bits per heavy atom. The quantitative estimate of drug-likeness (QED) is 0.885. The molecule has 0 atom stereocenters. The summed E-state index contributed by atoms with van der Waals surface area (Å²) in [4.78, 5) is 19.6.